The molecule has 2 rings (SSSR count). The Morgan fingerprint density at radius 2 is 2.11 bits per heavy atom. The van der Waals surface area contributed by atoms with Crippen molar-refractivity contribution in [3.63, 3.8) is 0 Å². The number of amides is 4. The average molecular weight is 262 g/mol. The maximum Gasteiger partial charge on any atom is 0.331 e. The fourth-order valence-corrected chi connectivity index (χ4v) is 1.88. The van der Waals surface area contributed by atoms with Crippen molar-refractivity contribution in [3.05, 3.63) is 30.1 Å². The van der Waals surface area contributed by atoms with Crippen molar-refractivity contribution in [1.82, 2.24) is 15.2 Å². The zero-order chi connectivity index (χ0) is 13.8. The highest BCUT2D eigenvalue weighted by molar-refractivity contribution is 6.16. The Labute approximate surface area is 109 Å². The van der Waals surface area contributed by atoms with Crippen LogP contribution in [0.3, 0.4) is 0 Å². The van der Waals surface area contributed by atoms with E-state index < -0.39 is 23.8 Å². The number of urea groups is 1. The number of hydrogen-bond donors (Lipinski definition) is 2. The van der Waals surface area contributed by atoms with Crippen molar-refractivity contribution >= 4 is 17.8 Å². The van der Waals surface area contributed by atoms with E-state index in [0.29, 0.717) is 5.69 Å². The van der Waals surface area contributed by atoms with E-state index >= 15 is 0 Å². The highest BCUT2D eigenvalue weighted by Crippen LogP contribution is 2.15. The van der Waals surface area contributed by atoms with Crippen LogP contribution in [0.5, 0.6) is 0 Å². The number of rotatable bonds is 4. The molecule has 100 valence electrons. The molecule has 0 aromatic carbocycles. The largest absolute Gasteiger partial charge is 0.331 e. The summed E-state index contributed by atoms with van der Waals surface area (Å²) < 4.78 is 0. The molecule has 1 unspecified atom stereocenters. The van der Waals surface area contributed by atoms with Crippen LogP contribution in [0.1, 0.15) is 12.1 Å². The molecule has 7 nitrogen and oxygen atoms in total. The number of nitrogens with zero attached hydrogens (tertiary/aromatic N) is 2. The second kappa shape index (κ2) is 5.57. The van der Waals surface area contributed by atoms with E-state index in [-0.39, 0.29) is 19.5 Å². The number of carbonyl (C=O) groups excluding carboxylic acids is 3. The van der Waals surface area contributed by atoms with Crippen LogP contribution in [0, 0.1) is 5.92 Å². The normalized spacial score (nSPS) is 19.5. The number of imide groups is 2. The Morgan fingerprint density at radius 3 is 2.74 bits per heavy atom. The van der Waals surface area contributed by atoms with E-state index in [9.17, 15) is 14.4 Å². The zero-order valence-electron chi connectivity index (χ0n) is 10.2. The van der Waals surface area contributed by atoms with Crippen LogP contribution in [0.15, 0.2) is 24.4 Å². The summed E-state index contributed by atoms with van der Waals surface area (Å²) in [6, 6.07) is 4.49. The van der Waals surface area contributed by atoms with Crippen LogP contribution in [0.2, 0.25) is 0 Å². The van der Waals surface area contributed by atoms with Crippen LogP contribution in [-0.4, -0.2) is 34.3 Å². The van der Waals surface area contributed by atoms with Crippen molar-refractivity contribution < 1.29 is 14.4 Å². The summed E-state index contributed by atoms with van der Waals surface area (Å²) in [7, 11) is 0. The van der Waals surface area contributed by atoms with Gasteiger partial charge in [-0.25, -0.2) is 4.79 Å². The van der Waals surface area contributed by atoms with E-state index in [1.807, 2.05) is 0 Å². The molecule has 3 N–H and O–H groups in total. The second-order valence-electron chi connectivity index (χ2n) is 4.17. The Hall–Kier alpha value is -2.28. The maximum absolute atomic E-state index is 12.1. The molecule has 1 aliphatic heterocycles. The smallest absolute Gasteiger partial charge is 0.330 e. The van der Waals surface area contributed by atoms with E-state index in [2.05, 4.69) is 10.3 Å². The van der Waals surface area contributed by atoms with Crippen molar-refractivity contribution in [2.75, 3.05) is 6.54 Å². The zero-order valence-corrected chi connectivity index (χ0v) is 10.2. The molecule has 2 heterocycles. The van der Waals surface area contributed by atoms with Gasteiger partial charge in [0.05, 0.1) is 12.2 Å². The lowest BCUT2D eigenvalue weighted by Crippen LogP contribution is -2.57. The lowest BCUT2D eigenvalue weighted by atomic mass is 10.0. The van der Waals surface area contributed by atoms with Crippen LogP contribution in [0.4, 0.5) is 4.79 Å². The van der Waals surface area contributed by atoms with Gasteiger partial charge in [0.2, 0.25) is 11.8 Å². The Kier molecular flexibility index (Phi) is 3.86. The summed E-state index contributed by atoms with van der Waals surface area (Å²) in [4.78, 5) is 40.4. The van der Waals surface area contributed by atoms with Gasteiger partial charge in [-0.1, -0.05) is 6.07 Å². The average Bonchev–Trinajstić information content (AvgIpc) is 2.41. The molecule has 0 aliphatic carbocycles. The third-order valence-corrected chi connectivity index (χ3v) is 2.86. The van der Waals surface area contributed by atoms with Gasteiger partial charge in [-0.05, 0) is 25.1 Å². The minimum atomic E-state index is -0.897. The van der Waals surface area contributed by atoms with Gasteiger partial charge in [0.15, 0.2) is 0 Å². The molecular weight excluding hydrogens is 248 g/mol. The molecule has 0 radical (unpaired) electrons. The number of nitrogens with one attached hydrogen (secondary N) is 1. The molecule has 4 amide bonds. The van der Waals surface area contributed by atoms with Crippen LogP contribution < -0.4 is 11.1 Å². The van der Waals surface area contributed by atoms with Crippen molar-refractivity contribution in [1.29, 1.82) is 0 Å². The number of nitrogens with two attached hydrogens (primary N) is 1. The highest BCUT2D eigenvalue weighted by atomic mass is 16.2. The summed E-state index contributed by atoms with van der Waals surface area (Å²) in [6.45, 7) is 0.245. The number of aromatic nitrogens is 1. The van der Waals surface area contributed by atoms with Crippen LogP contribution >= 0.6 is 0 Å². The fourth-order valence-electron chi connectivity index (χ4n) is 1.88. The highest BCUT2D eigenvalue weighted by Gasteiger charge is 2.39. The molecule has 1 atom stereocenters. The number of hydrogen-bond acceptors (Lipinski definition) is 5. The molecule has 7 heteroatoms. The Morgan fingerprint density at radius 1 is 1.32 bits per heavy atom. The topological polar surface area (TPSA) is 105 Å². The SMILES string of the molecule is NCCC1C(=O)NC(=O)N(Cc2ccccn2)C1=O. The van der Waals surface area contributed by atoms with Crippen molar-refractivity contribution in [3.8, 4) is 0 Å². The van der Waals surface area contributed by atoms with Gasteiger partial charge in [-0.2, -0.15) is 0 Å². The first-order valence-corrected chi connectivity index (χ1v) is 5.89. The van der Waals surface area contributed by atoms with Gasteiger partial charge in [-0.3, -0.25) is 24.8 Å². The van der Waals surface area contributed by atoms with Gasteiger partial charge in [0.1, 0.15) is 5.92 Å². The van der Waals surface area contributed by atoms with Gasteiger partial charge in [-0.15, -0.1) is 0 Å². The van der Waals surface area contributed by atoms with Gasteiger partial charge in [0, 0.05) is 6.20 Å². The molecule has 1 aromatic heterocycles. The predicted molar refractivity (Wildman–Crippen MR) is 65.5 cm³/mol. The summed E-state index contributed by atoms with van der Waals surface area (Å²) in [5.74, 6) is -2.01. The van der Waals surface area contributed by atoms with E-state index in [4.69, 9.17) is 5.73 Å². The fraction of sp³-hybridized carbons (Fsp3) is 0.333. The summed E-state index contributed by atoms with van der Waals surface area (Å²) in [6.07, 6.45) is 1.79. The molecule has 19 heavy (non-hydrogen) atoms. The molecule has 1 saturated heterocycles. The second-order valence-corrected chi connectivity index (χ2v) is 4.17. The van der Waals surface area contributed by atoms with E-state index in [1.165, 1.54) is 0 Å². The van der Waals surface area contributed by atoms with E-state index in [1.54, 1.807) is 24.4 Å². The quantitative estimate of drug-likeness (QED) is 0.720. The molecule has 0 bridgehead atoms. The molecule has 1 aliphatic rings. The third-order valence-electron chi connectivity index (χ3n) is 2.86. The lowest BCUT2D eigenvalue weighted by Gasteiger charge is -2.29. The molecule has 0 saturated carbocycles. The van der Waals surface area contributed by atoms with Crippen LogP contribution in [0.25, 0.3) is 0 Å². The first-order valence-electron chi connectivity index (χ1n) is 5.89. The Bertz CT molecular complexity index is 503. The number of carbonyl (C=O) groups is 3. The van der Waals surface area contributed by atoms with Crippen LogP contribution in [-0.2, 0) is 16.1 Å². The van der Waals surface area contributed by atoms with Gasteiger partial charge < -0.3 is 5.73 Å². The summed E-state index contributed by atoms with van der Waals surface area (Å²) in [5, 5.41) is 2.16. The predicted octanol–water partition coefficient (Wildman–Crippen LogP) is -0.375. The van der Waals surface area contributed by atoms with Gasteiger partial charge >= 0.3 is 6.03 Å². The summed E-state index contributed by atoms with van der Waals surface area (Å²) >= 11 is 0. The number of pyridine rings is 1. The molecule has 1 aromatic rings. The third kappa shape index (κ3) is 2.76. The minimum absolute atomic E-state index is 0.0415. The molecule has 1 fully saturated rings. The lowest BCUT2D eigenvalue weighted by molar-refractivity contribution is -0.143. The first kappa shape index (κ1) is 13.2. The Balaban J connectivity index is 2.17. The van der Waals surface area contributed by atoms with Crippen molar-refractivity contribution in [2.45, 2.75) is 13.0 Å². The van der Waals surface area contributed by atoms with Gasteiger partial charge in [0.25, 0.3) is 0 Å². The summed E-state index contributed by atoms with van der Waals surface area (Å²) in [5.41, 5.74) is 5.94. The minimum Gasteiger partial charge on any atom is -0.330 e. The number of barbiturate groups is 1. The molecule has 0 spiro atoms. The first-order chi connectivity index (χ1) is 9.13. The maximum atomic E-state index is 12.1. The monoisotopic (exact) mass is 262 g/mol. The van der Waals surface area contributed by atoms with Crippen molar-refractivity contribution in [2.24, 2.45) is 11.7 Å². The standard InChI is InChI=1S/C12H14N4O3/c13-5-4-9-10(17)15-12(19)16(11(9)18)7-8-3-1-2-6-14-8/h1-3,6,9H,4-5,7,13H2,(H,15,17,19). The molecular formula is C12H14N4O3. The van der Waals surface area contributed by atoms with E-state index in [0.717, 1.165) is 4.90 Å².